The Morgan fingerprint density at radius 3 is 2.38 bits per heavy atom. The van der Waals surface area contributed by atoms with Crippen molar-refractivity contribution in [3.05, 3.63) is 29.8 Å². The van der Waals surface area contributed by atoms with Gasteiger partial charge in [0.05, 0.1) is 6.61 Å². The van der Waals surface area contributed by atoms with Crippen LogP contribution in [0.15, 0.2) is 24.3 Å². The van der Waals surface area contributed by atoms with Crippen molar-refractivity contribution in [2.24, 2.45) is 11.8 Å². The number of nitrogens with one attached hydrogen (secondary N) is 1. The van der Waals surface area contributed by atoms with E-state index in [9.17, 15) is 9.59 Å². The molecule has 0 bridgehead atoms. The van der Waals surface area contributed by atoms with Crippen LogP contribution in [0, 0.1) is 11.8 Å². The molecule has 0 atom stereocenters. The highest BCUT2D eigenvalue weighted by Gasteiger charge is 2.29. The van der Waals surface area contributed by atoms with Crippen molar-refractivity contribution in [1.82, 2.24) is 10.2 Å². The summed E-state index contributed by atoms with van der Waals surface area (Å²) >= 11 is 0. The highest BCUT2D eigenvalue weighted by atomic mass is 16.5. The first-order chi connectivity index (χ1) is 14.2. The van der Waals surface area contributed by atoms with Crippen molar-refractivity contribution in [1.29, 1.82) is 0 Å². The quantitative estimate of drug-likeness (QED) is 0.719. The van der Waals surface area contributed by atoms with Gasteiger partial charge in [0.2, 0.25) is 11.8 Å². The molecule has 3 rings (SSSR count). The minimum absolute atomic E-state index is 0.132. The SMILES string of the molecule is CCOc1ccc(CCNC(=O)CC2CCN(C(=O)C3CCCCC3)CC2)cc1. The van der Waals surface area contributed by atoms with Gasteiger partial charge in [-0.15, -0.1) is 0 Å². The van der Waals surface area contributed by atoms with E-state index in [1.165, 1.54) is 24.8 Å². The molecule has 29 heavy (non-hydrogen) atoms. The van der Waals surface area contributed by atoms with Gasteiger partial charge in [0.1, 0.15) is 5.75 Å². The van der Waals surface area contributed by atoms with Gasteiger partial charge in [-0.2, -0.15) is 0 Å². The number of nitrogens with zero attached hydrogens (tertiary/aromatic N) is 1. The molecule has 0 unspecified atom stereocenters. The molecule has 1 heterocycles. The lowest BCUT2D eigenvalue weighted by Crippen LogP contribution is -2.43. The number of carbonyl (C=O) groups excluding carboxylic acids is 2. The fourth-order valence-corrected chi connectivity index (χ4v) is 4.56. The third-order valence-corrected chi connectivity index (χ3v) is 6.32. The van der Waals surface area contributed by atoms with Crippen molar-refractivity contribution >= 4 is 11.8 Å². The summed E-state index contributed by atoms with van der Waals surface area (Å²) in [4.78, 5) is 27.0. The molecule has 5 heteroatoms. The second-order valence-corrected chi connectivity index (χ2v) is 8.48. The van der Waals surface area contributed by atoms with Gasteiger partial charge >= 0.3 is 0 Å². The first-order valence-electron chi connectivity index (χ1n) is 11.4. The molecule has 5 nitrogen and oxygen atoms in total. The summed E-state index contributed by atoms with van der Waals surface area (Å²) in [5.74, 6) is 2.03. The fourth-order valence-electron chi connectivity index (χ4n) is 4.56. The fraction of sp³-hybridized carbons (Fsp3) is 0.667. The molecule has 0 spiro atoms. The van der Waals surface area contributed by atoms with Gasteiger partial charge in [0.25, 0.3) is 0 Å². The van der Waals surface area contributed by atoms with Crippen LogP contribution in [0.3, 0.4) is 0 Å². The molecular formula is C24H36N2O3. The molecule has 1 saturated heterocycles. The standard InChI is InChI=1S/C24H36N2O3/c1-2-29-22-10-8-19(9-11-22)12-15-25-23(27)18-20-13-16-26(17-14-20)24(28)21-6-4-3-5-7-21/h8-11,20-21H,2-7,12-18H2,1H3,(H,25,27). The highest BCUT2D eigenvalue weighted by molar-refractivity contribution is 5.79. The minimum Gasteiger partial charge on any atom is -0.494 e. The number of ether oxygens (including phenoxy) is 1. The summed E-state index contributed by atoms with van der Waals surface area (Å²) in [7, 11) is 0. The number of rotatable bonds is 8. The maximum atomic E-state index is 12.7. The zero-order valence-electron chi connectivity index (χ0n) is 17.8. The maximum absolute atomic E-state index is 12.7. The molecule has 0 aromatic heterocycles. The number of benzene rings is 1. The van der Waals surface area contributed by atoms with Crippen LogP contribution in [0.1, 0.15) is 63.9 Å². The van der Waals surface area contributed by atoms with Crippen LogP contribution in [-0.4, -0.2) is 43.0 Å². The van der Waals surface area contributed by atoms with E-state index >= 15 is 0 Å². The van der Waals surface area contributed by atoms with Crippen molar-refractivity contribution < 1.29 is 14.3 Å². The lowest BCUT2D eigenvalue weighted by atomic mass is 9.87. The van der Waals surface area contributed by atoms with Gasteiger partial charge in [-0.3, -0.25) is 9.59 Å². The largest absolute Gasteiger partial charge is 0.494 e. The number of hydrogen-bond acceptors (Lipinski definition) is 3. The van der Waals surface area contributed by atoms with Gasteiger partial charge in [-0.1, -0.05) is 31.4 Å². The van der Waals surface area contributed by atoms with Crippen molar-refractivity contribution in [2.45, 2.75) is 64.7 Å². The van der Waals surface area contributed by atoms with Crippen molar-refractivity contribution in [2.75, 3.05) is 26.2 Å². The lowest BCUT2D eigenvalue weighted by Gasteiger charge is -2.35. The normalized spacial score (nSPS) is 18.4. The second-order valence-electron chi connectivity index (χ2n) is 8.48. The van der Waals surface area contributed by atoms with E-state index in [1.807, 2.05) is 19.1 Å². The van der Waals surface area contributed by atoms with E-state index in [1.54, 1.807) is 0 Å². The van der Waals surface area contributed by atoms with Gasteiger partial charge in [0.15, 0.2) is 0 Å². The first kappa shape index (κ1) is 21.7. The van der Waals surface area contributed by atoms with Crippen molar-refractivity contribution in [3.63, 3.8) is 0 Å². The Morgan fingerprint density at radius 1 is 1.03 bits per heavy atom. The minimum atomic E-state index is 0.132. The monoisotopic (exact) mass is 400 g/mol. The maximum Gasteiger partial charge on any atom is 0.225 e. The average molecular weight is 401 g/mol. The molecule has 1 N–H and O–H groups in total. The van der Waals surface area contributed by atoms with E-state index in [0.717, 1.165) is 50.9 Å². The van der Waals surface area contributed by atoms with Crippen LogP contribution in [0.4, 0.5) is 0 Å². The molecule has 2 aliphatic rings. The van der Waals surface area contributed by atoms with Gasteiger partial charge < -0.3 is 15.0 Å². The number of amides is 2. The Bertz CT molecular complexity index is 645. The van der Waals surface area contributed by atoms with Crippen molar-refractivity contribution in [3.8, 4) is 5.75 Å². The smallest absolute Gasteiger partial charge is 0.225 e. The van der Waals surface area contributed by atoms with Gasteiger partial charge in [-0.25, -0.2) is 0 Å². The molecule has 0 radical (unpaired) electrons. The number of likely N-dealkylation sites (tertiary alicyclic amines) is 1. The Labute approximate surface area is 175 Å². The molecule has 1 aliphatic heterocycles. The van der Waals surface area contributed by atoms with Crippen LogP contribution < -0.4 is 10.1 Å². The Hall–Kier alpha value is -2.04. The molecular weight excluding hydrogens is 364 g/mol. The van der Waals surface area contributed by atoms with Gasteiger partial charge in [0, 0.05) is 32.0 Å². The number of carbonyl (C=O) groups is 2. The van der Waals surface area contributed by atoms with Crippen LogP contribution in [0.25, 0.3) is 0 Å². The average Bonchev–Trinajstić information content (AvgIpc) is 2.76. The van der Waals surface area contributed by atoms with Crippen LogP contribution in [0.2, 0.25) is 0 Å². The molecule has 1 saturated carbocycles. The lowest BCUT2D eigenvalue weighted by molar-refractivity contribution is -0.138. The van der Waals surface area contributed by atoms with E-state index in [0.29, 0.717) is 31.4 Å². The Kier molecular flexibility index (Phi) is 8.38. The van der Waals surface area contributed by atoms with E-state index in [4.69, 9.17) is 4.74 Å². The first-order valence-corrected chi connectivity index (χ1v) is 11.4. The summed E-state index contributed by atoms with van der Waals surface area (Å²) < 4.78 is 5.45. The number of piperidine rings is 1. The van der Waals surface area contributed by atoms with E-state index < -0.39 is 0 Å². The molecule has 2 fully saturated rings. The van der Waals surface area contributed by atoms with Crippen LogP contribution >= 0.6 is 0 Å². The summed E-state index contributed by atoms with van der Waals surface area (Å²) in [6.45, 7) is 4.94. The molecule has 160 valence electrons. The van der Waals surface area contributed by atoms with Gasteiger partial charge in [-0.05, 0) is 62.6 Å². The Balaban J connectivity index is 1.31. The third-order valence-electron chi connectivity index (χ3n) is 6.32. The summed E-state index contributed by atoms with van der Waals surface area (Å²) in [5, 5.41) is 3.05. The summed E-state index contributed by atoms with van der Waals surface area (Å²) in [6.07, 6.45) is 9.11. The number of hydrogen-bond donors (Lipinski definition) is 1. The summed E-state index contributed by atoms with van der Waals surface area (Å²) in [6, 6.07) is 8.05. The molecule has 1 aromatic rings. The predicted molar refractivity (Wildman–Crippen MR) is 115 cm³/mol. The van der Waals surface area contributed by atoms with E-state index in [2.05, 4.69) is 22.3 Å². The Morgan fingerprint density at radius 2 is 1.72 bits per heavy atom. The van der Waals surface area contributed by atoms with Crippen LogP contribution in [0.5, 0.6) is 5.75 Å². The second kappa shape index (κ2) is 11.2. The molecule has 1 aliphatic carbocycles. The summed E-state index contributed by atoms with van der Waals surface area (Å²) in [5.41, 5.74) is 1.20. The molecule has 1 aromatic carbocycles. The highest BCUT2D eigenvalue weighted by Crippen LogP contribution is 2.28. The zero-order valence-corrected chi connectivity index (χ0v) is 17.8. The van der Waals surface area contributed by atoms with E-state index in [-0.39, 0.29) is 11.8 Å². The topological polar surface area (TPSA) is 58.6 Å². The predicted octanol–water partition coefficient (Wildman–Crippen LogP) is 3.95. The zero-order chi connectivity index (χ0) is 20.5. The van der Waals surface area contributed by atoms with Crippen LogP contribution in [-0.2, 0) is 16.0 Å². The molecule has 2 amide bonds. The third kappa shape index (κ3) is 6.76.